The van der Waals surface area contributed by atoms with Gasteiger partial charge in [0.15, 0.2) is 25.3 Å². The van der Waals surface area contributed by atoms with Crippen molar-refractivity contribution in [1.82, 2.24) is 38.5 Å². The Morgan fingerprint density at radius 3 is 1.18 bits per heavy atom. The molecule has 0 atom stereocenters. The van der Waals surface area contributed by atoms with Crippen molar-refractivity contribution >= 4 is 145 Å². The molecule has 122 heavy (non-hydrogen) atoms. The first-order valence-electron chi connectivity index (χ1n) is 37.4. The Kier molecular flexibility index (Phi) is 28.6. The number of thiocarbonyl (C=S) groups is 3. The molecular weight excluding hydrogens is 1700 g/mol. The first kappa shape index (κ1) is 90.4. The van der Waals surface area contributed by atoms with Crippen LogP contribution in [0.3, 0.4) is 0 Å². The molecule has 3 aliphatic carbocycles. The zero-order valence-electron chi connectivity index (χ0n) is 65.8. The molecule has 32 nitrogen and oxygen atoms in total. The Morgan fingerprint density at radius 1 is 0.516 bits per heavy atom. The van der Waals surface area contributed by atoms with Crippen LogP contribution in [0.25, 0.3) is 0 Å². The average Bonchev–Trinajstić information content (AvgIpc) is 1.56. The van der Waals surface area contributed by atoms with Crippen molar-refractivity contribution in [3.05, 3.63) is 269 Å². The van der Waals surface area contributed by atoms with Crippen molar-refractivity contribution in [1.29, 1.82) is 15.8 Å². The fraction of sp³-hybridized carbons (Fsp3) is 0.241. The summed E-state index contributed by atoms with van der Waals surface area (Å²) < 4.78 is 119. The lowest BCUT2D eigenvalue weighted by atomic mass is 9.75. The topological polar surface area (TPSA) is 456 Å². The fourth-order valence-electron chi connectivity index (χ4n) is 13.9. The number of primary sulfonamides is 1. The van der Waals surface area contributed by atoms with Crippen molar-refractivity contribution in [2.45, 2.75) is 136 Å². The Balaban J connectivity index is 0.000000165. The predicted molar refractivity (Wildman–Crippen MR) is 463 cm³/mol. The number of carbonyl (C=O) groups is 3. The number of aliphatic imine (C=N–C) groups is 1. The standard InChI is InChI=1S/C32H28N6O3S2.C25H27N3O4S.C18H16N6O3S2.C8H5N3S.H2O4S/c1-23-18-26(20-34-27(23)19-33)37-30(39)32(16-9-17-32)38(31(37)42)28-14-8-15-29(35-28)43(40,41)36(21-24-10-4-2-5-11-24)22-25-12-6-3-7-13-25;1-32-24(29)25(16-9-17-25)27-22-14-8-15-23(26-22)33(30,31)28(18-20-10-4-2-5-11-20)19-21-12-6-3-7-13-21;1-11-8-12(10-21-13(11)9-19)23-16(25)18(6-3-7-18)24(17(23)28)14-4-2-5-15(22-14)29(20,26)27;1-6-2-7(11-5-12)4-10-8(6)3-9;1-5(2,3)4/h2-8,10-15,18,20H,9,16-17,21-22H2,1H3;2-8,10-15H,9,16-19H2,1H3,(H,26,27);2,4-5,8,10H,3,6-7H2,1H3,(H2,20,26,27);2,4H,1H3;(H2,1,2,3,4). The third-order valence-electron chi connectivity index (χ3n) is 20.4. The zero-order valence-corrected chi connectivity index (χ0v) is 71.5. The van der Waals surface area contributed by atoms with E-state index in [0.717, 1.165) is 47.1 Å². The number of amides is 2. The molecule has 5 N–H and O–H groups in total. The van der Waals surface area contributed by atoms with Gasteiger partial charge in [-0.15, -0.1) is 0 Å². The van der Waals surface area contributed by atoms with Gasteiger partial charge >= 0.3 is 16.4 Å². The minimum atomic E-state index is -4.67. The number of benzene rings is 4. The van der Waals surface area contributed by atoms with E-state index in [4.69, 9.17) is 62.4 Å². The maximum atomic E-state index is 14.2. The second kappa shape index (κ2) is 38.6. The molecular formula is C83H78N18O14S7. The summed E-state index contributed by atoms with van der Waals surface area (Å²) in [5.74, 6) is 0.0795. The number of pyridine rings is 6. The number of anilines is 5. The van der Waals surface area contributed by atoms with E-state index in [0.29, 0.717) is 84.0 Å². The van der Waals surface area contributed by atoms with Crippen molar-refractivity contribution in [2.75, 3.05) is 32.0 Å². The minimum Gasteiger partial charge on any atom is -0.467 e. The summed E-state index contributed by atoms with van der Waals surface area (Å²) in [6.45, 7) is 6.02. The SMILES string of the molecule is COC(=O)C1(Nc2cccc(S(=O)(=O)N(Cc3ccccc3)Cc3ccccc3)n2)CCC1.Cc1cc(N2C(=O)C3(CCC3)N(c3cccc(S(=O)(=O)N(Cc4ccccc4)Cc4ccccc4)n3)C2=S)cnc1C#N.Cc1cc(N2C(=O)C3(CCC3)N(c3cccc(S(N)(=O)=O)n3)C2=S)cnc1C#N.Cc1cc(N=C=S)cnc1C#N.O=S(=O)(O)O. The van der Waals surface area contributed by atoms with Gasteiger partial charge in [-0.2, -0.15) is 37.8 Å². The number of ether oxygens (including phenoxy) is 1. The summed E-state index contributed by atoms with van der Waals surface area (Å²) in [4.78, 5) is 74.8. The summed E-state index contributed by atoms with van der Waals surface area (Å²) in [6.07, 6.45) is 10.4. The van der Waals surface area contributed by atoms with Crippen LogP contribution < -0.4 is 30.1 Å². The largest absolute Gasteiger partial charge is 0.467 e. The van der Waals surface area contributed by atoms with Gasteiger partial charge in [0.25, 0.3) is 41.9 Å². The van der Waals surface area contributed by atoms with E-state index in [-0.39, 0.29) is 86.5 Å². The van der Waals surface area contributed by atoms with E-state index in [2.05, 4.69) is 57.6 Å². The maximum Gasteiger partial charge on any atom is 0.394 e. The molecule has 15 rings (SSSR count). The highest BCUT2D eigenvalue weighted by atomic mass is 32.3. The maximum absolute atomic E-state index is 14.2. The van der Waals surface area contributed by atoms with Crippen LogP contribution in [0.4, 0.5) is 34.5 Å². The number of isothiocyanates is 1. The number of nitrogens with two attached hydrogens (primary N) is 1. The van der Waals surface area contributed by atoms with E-state index in [1.165, 1.54) is 68.4 Å². The van der Waals surface area contributed by atoms with Crippen molar-refractivity contribution < 1.29 is 61.9 Å². The number of methoxy groups -OCH3 is 1. The molecule has 5 aliphatic rings. The molecule has 4 aromatic carbocycles. The van der Waals surface area contributed by atoms with E-state index in [9.17, 15) is 44.9 Å². The van der Waals surface area contributed by atoms with Crippen LogP contribution in [0.2, 0.25) is 0 Å². The number of nitrogens with one attached hydrogen (secondary N) is 1. The molecule has 39 heteroatoms. The van der Waals surface area contributed by atoms with Crippen molar-refractivity contribution in [2.24, 2.45) is 10.1 Å². The lowest BCUT2D eigenvalue weighted by Crippen LogP contribution is -2.55. The van der Waals surface area contributed by atoms with Crippen LogP contribution in [0.5, 0.6) is 0 Å². The summed E-state index contributed by atoms with van der Waals surface area (Å²) in [5, 5.41) is 37.4. The number of hydrogen-bond acceptors (Lipinski definition) is 26. The van der Waals surface area contributed by atoms with Crippen LogP contribution in [-0.2, 0) is 85.8 Å². The molecule has 6 aromatic heterocycles. The van der Waals surface area contributed by atoms with E-state index in [1.54, 1.807) is 79.1 Å². The lowest BCUT2D eigenvalue weighted by Gasteiger charge is -2.42. The Morgan fingerprint density at radius 2 is 0.861 bits per heavy atom. The van der Waals surface area contributed by atoms with Crippen LogP contribution in [0.1, 0.15) is 114 Å². The van der Waals surface area contributed by atoms with Gasteiger partial charge in [-0.25, -0.2) is 65.1 Å². The van der Waals surface area contributed by atoms with Gasteiger partial charge in [-0.1, -0.05) is 140 Å². The highest BCUT2D eigenvalue weighted by molar-refractivity contribution is 7.89. The molecule has 2 aliphatic heterocycles. The van der Waals surface area contributed by atoms with Crippen LogP contribution >= 0.6 is 36.7 Å². The number of nitriles is 3. The molecule has 0 radical (unpaired) electrons. The molecule has 0 unspecified atom stereocenters. The van der Waals surface area contributed by atoms with Gasteiger partial charge in [0.2, 0.25) is 0 Å². The molecule has 5 fully saturated rings. The number of carbonyl (C=O) groups excluding carboxylic acids is 3. The van der Waals surface area contributed by atoms with Gasteiger partial charge in [-0.05, 0) is 209 Å². The molecule has 2 spiro atoms. The van der Waals surface area contributed by atoms with Crippen LogP contribution in [-0.4, -0.2) is 138 Å². The Bertz CT molecular complexity index is 6220. The van der Waals surface area contributed by atoms with Gasteiger partial charge in [0, 0.05) is 26.2 Å². The second-order valence-electron chi connectivity index (χ2n) is 28.5. The smallest absolute Gasteiger partial charge is 0.394 e. The van der Waals surface area contributed by atoms with Gasteiger partial charge in [-0.3, -0.25) is 38.3 Å². The van der Waals surface area contributed by atoms with E-state index in [1.807, 2.05) is 140 Å². The predicted octanol–water partition coefficient (Wildman–Crippen LogP) is 11.8. The first-order chi connectivity index (χ1) is 58.1. The van der Waals surface area contributed by atoms with Gasteiger partial charge in [0.05, 0.1) is 47.9 Å². The number of aryl methyl sites for hydroxylation is 3. The lowest BCUT2D eigenvalue weighted by molar-refractivity contribution is -0.149. The number of nitrogens with zero attached hydrogens (tertiary/aromatic N) is 16. The highest BCUT2D eigenvalue weighted by Crippen LogP contribution is 2.49. The summed E-state index contributed by atoms with van der Waals surface area (Å²) >= 11 is 15.9. The molecule has 3 saturated carbocycles. The van der Waals surface area contributed by atoms with E-state index < -0.39 is 57.1 Å². The molecule has 0 bridgehead atoms. The molecule has 626 valence electrons. The number of hydrogen-bond donors (Lipinski definition) is 4. The van der Waals surface area contributed by atoms with Gasteiger partial charge < -0.3 is 10.1 Å². The normalized spacial score (nSPS) is 15.3. The molecule has 2 saturated heterocycles. The fourth-order valence-corrected chi connectivity index (χ4v) is 18.2. The number of rotatable bonds is 21. The molecule has 2 amide bonds. The summed E-state index contributed by atoms with van der Waals surface area (Å²) in [5.41, 5.74) is 5.27. The number of esters is 1. The molecule has 8 heterocycles. The number of aromatic nitrogens is 6. The third kappa shape index (κ3) is 20.5. The van der Waals surface area contributed by atoms with Crippen LogP contribution in [0, 0.1) is 54.8 Å². The Hall–Kier alpha value is -12.4. The second-order valence-corrected chi connectivity index (χ2v) is 35.6. The first-order valence-corrected chi connectivity index (χ1v) is 44.4. The van der Waals surface area contributed by atoms with Crippen molar-refractivity contribution in [3.8, 4) is 18.2 Å². The average molecular weight is 1780 g/mol. The summed E-state index contributed by atoms with van der Waals surface area (Å²) in [6, 6.07) is 62.9. The highest BCUT2D eigenvalue weighted by Gasteiger charge is 2.62. The summed E-state index contributed by atoms with van der Waals surface area (Å²) in [7, 11) is -15.3. The van der Waals surface area contributed by atoms with E-state index >= 15 is 0 Å². The number of sulfonamides is 3. The Labute approximate surface area is 721 Å². The van der Waals surface area contributed by atoms with Gasteiger partial charge in [0.1, 0.15) is 69.4 Å². The van der Waals surface area contributed by atoms with Crippen LogP contribution in [0.15, 0.2) is 233 Å². The third-order valence-corrected chi connectivity index (χ3v) is 25.5. The van der Waals surface area contributed by atoms with Crippen molar-refractivity contribution in [3.63, 3.8) is 0 Å². The zero-order chi connectivity index (χ0) is 88.0. The quantitative estimate of drug-likeness (QED) is 0.0225. The monoisotopic (exact) mass is 1770 g/mol. The molecule has 10 aromatic rings. The minimum absolute atomic E-state index is 0.0706.